The van der Waals surface area contributed by atoms with E-state index in [4.69, 9.17) is 18.9 Å². The molecule has 186 valence electrons. The molecule has 35 heavy (non-hydrogen) atoms. The van der Waals surface area contributed by atoms with Gasteiger partial charge >= 0.3 is 0 Å². The highest BCUT2D eigenvalue weighted by Crippen LogP contribution is 2.27. The van der Waals surface area contributed by atoms with Crippen LogP contribution in [0.5, 0.6) is 11.5 Å². The number of hydrogen-bond acceptors (Lipinski definition) is 8. The molecule has 1 N–H and O–H groups in total. The number of pyridine rings is 2. The molecule has 2 aromatic heterocycles. The first-order valence-corrected chi connectivity index (χ1v) is 12.4. The fraction of sp³-hybridized carbons (Fsp3) is 0.320. The zero-order valence-corrected chi connectivity index (χ0v) is 20.6. The fourth-order valence-corrected chi connectivity index (χ4v) is 4.32. The van der Waals surface area contributed by atoms with Crippen molar-refractivity contribution >= 4 is 22.4 Å². The molecule has 0 spiro atoms. The Balaban J connectivity index is 1.70. The standard InChI is InChI=1S/C25H29N3O6S/c1-3-32-13-14-33-15-16-34-23-17-21(31-2)7-6-19(23)18-35(30)25-22(5-4-10-27-25)24(29)28-20-8-11-26-12-9-20/h4-12,17H,3,13-16,18H2,1-2H3,(H,26,28,29). The third-order valence-corrected chi connectivity index (χ3v) is 6.12. The van der Waals surface area contributed by atoms with Crippen LogP contribution in [0.1, 0.15) is 22.8 Å². The van der Waals surface area contributed by atoms with Crippen LogP contribution in [0.3, 0.4) is 0 Å². The normalized spacial score (nSPS) is 11.6. The molecule has 0 aliphatic rings. The summed E-state index contributed by atoms with van der Waals surface area (Å²) in [5.41, 5.74) is 1.52. The number of carbonyl (C=O) groups excluding carboxylic acids is 1. The predicted molar refractivity (Wildman–Crippen MR) is 132 cm³/mol. The molecule has 0 saturated heterocycles. The number of amides is 1. The zero-order chi connectivity index (χ0) is 24.9. The third-order valence-electron chi connectivity index (χ3n) is 4.79. The SMILES string of the molecule is CCOCCOCCOc1cc(OC)ccc1CS(=O)c1ncccc1C(=O)Nc1ccncc1. The Bertz CT molecular complexity index is 1110. The van der Waals surface area contributed by atoms with E-state index in [1.165, 1.54) is 6.20 Å². The lowest BCUT2D eigenvalue weighted by Crippen LogP contribution is -2.16. The van der Waals surface area contributed by atoms with E-state index in [0.29, 0.717) is 55.8 Å². The van der Waals surface area contributed by atoms with Crippen molar-refractivity contribution in [2.24, 2.45) is 0 Å². The molecular weight excluding hydrogens is 470 g/mol. The monoisotopic (exact) mass is 499 g/mol. The number of rotatable bonds is 14. The Morgan fingerprint density at radius 3 is 2.54 bits per heavy atom. The van der Waals surface area contributed by atoms with Gasteiger partial charge in [-0.3, -0.25) is 14.0 Å². The van der Waals surface area contributed by atoms with E-state index < -0.39 is 16.7 Å². The second-order valence-corrected chi connectivity index (χ2v) is 8.53. The molecule has 2 heterocycles. The first-order chi connectivity index (χ1) is 17.1. The molecule has 1 aromatic carbocycles. The number of benzene rings is 1. The summed E-state index contributed by atoms with van der Waals surface area (Å²) < 4.78 is 35.2. The average molecular weight is 500 g/mol. The van der Waals surface area contributed by atoms with Gasteiger partial charge in [0.15, 0.2) is 0 Å². The molecule has 0 aliphatic carbocycles. The maximum absolute atomic E-state index is 13.3. The summed E-state index contributed by atoms with van der Waals surface area (Å²) >= 11 is 0. The van der Waals surface area contributed by atoms with Gasteiger partial charge in [0.1, 0.15) is 23.1 Å². The van der Waals surface area contributed by atoms with Gasteiger partial charge in [-0.25, -0.2) is 4.98 Å². The summed E-state index contributed by atoms with van der Waals surface area (Å²) in [4.78, 5) is 21.0. The van der Waals surface area contributed by atoms with Gasteiger partial charge in [-0.05, 0) is 37.3 Å². The maximum atomic E-state index is 13.3. The van der Waals surface area contributed by atoms with Gasteiger partial charge in [0.05, 0.1) is 49.0 Å². The topological polar surface area (TPSA) is 109 Å². The molecule has 9 nitrogen and oxygen atoms in total. The second-order valence-electron chi connectivity index (χ2n) is 7.17. The van der Waals surface area contributed by atoms with Crippen LogP contribution < -0.4 is 14.8 Å². The highest BCUT2D eigenvalue weighted by Gasteiger charge is 2.19. The molecule has 10 heteroatoms. The number of carbonyl (C=O) groups is 1. The van der Waals surface area contributed by atoms with Crippen LogP contribution in [0, 0.1) is 0 Å². The van der Waals surface area contributed by atoms with Crippen LogP contribution in [0.25, 0.3) is 0 Å². The number of hydrogen-bond donors (Lipinski definition) is 1. The molecule has 1 amide bonds. The van der Waals surface area contributed by atoms with Crippen molar-refractivity contribution in [1.82, 2.24) is 9.97 Å². The lowest BCUT2D eigenvalue weighted by Gasteiger charge is -2.14. The van der Waals surface area contributed by atoms with E-state index in [-0.39, 0.29) is 16.3 Å². The van der Waals surface area contributed by atoms with E-state index in [2.05, 4.69) is 15.3 Å². The van der Waals surface area contributed by atoms with E-state index in [0.717, 1.165) is 0 Å². The molecule has 0 radical (unpaired) electrons. The Morgan fingerprint density at radius 2 is 1.77 bits per heavy atom. The number of anilines is 1. The molecule has 1 atom stereocenters. The van der Waals surface area contributed by atoms with Crippen LogP contribution >= 0.6 is 0 Å². The van der Waals surface area contributed by atoms with Crippen molar-refractivity contribution in [2.75, 3.05) is 45.5 Å². The minimum absolute atomic E-state index is 0.108. The van der Waals surface area contributed by atoms with Crippen LogP contribution in [-0.2, 0) is 26.0 Å². The molecule has 0 saturated carbocycles. The van der Waals surface area contributed by atoms with Gasteiger partial charge in [0.25, 0.3) is 5.91 Å². The first kappa shape index (κ1) is 26.3. The lowest BCUT2D eigenvalue weighted by atomic mass is 10.2. The number of methoxy groups -OCH3 is 1. The van der Waals surface area contributed by atoms with Crippen LogP contribution in [-0.4, -0.2) is 60.2 Å². The van der Waals surface area contributed by atoms with Crippen LogP contribution in [0.4, 0.5) is 5.69 Å². The highest BCUT2D eigenvalue weighted by atomic mass is 32.2. The van der Waals surface area contributed by atoms with E-state index in [9.17, 15) is 9.00 Å². The second kappa shape index (κ2) is 14.1. The number of ether oxygens (including phenoxy) is 4. The van der Waals surface area contributed by atoms with Gasteiger partial charge < -0.3 is 24.3 Å². The van der Waals surface area contributed by atoms with Gasteiger partial charge in [0.2, 0.25) is 0 Å². The molecule has 0 aliphatic heterocycles. The molecule has 3 rings (SSSR count). The van der Waals surface area contributed by atoms with Crippen molar-refractivity contribution in [1.29, 1.82) is 0 Å². The summed E-state index contributed by atoms with van der Waals surface area (Å²) in [5.74, 6) is 0.854. The Labute approximate surface area is 207 Å². The molecular formula is C25H29N3O6S. The summed E-state index contributed by atoms with van der Waals surface area (Å²) in [6.07, 6.45) is 4.67. The molecule has 0 fully saturated rings. The minimum atomic E-state index is -1.61. The number of nitrogens with one attached hydrogen (secondary N) is 1. The number of aromatic nitrogens is 2. The van der Waals surface area contributed by atoms with Crippen molar-refractivity contribution in [2.45, 2.75) is 17.7 Å². The maximum Gasteiger partial charge on any atom is 0.258 e. The third kappa shape index (κ3) is 8.13. The van der Waals surface area contributed by atoms with Crippen LogP contribution in [0.2, 0.25) is 0 Å². The first-order valence-electron chi connectivity index (χ1n) is 11.1. The van der Waals surface area contributed by atoms with Crippen molar-refractivity contribution in [3.05, 3.63) is 72.2 Å². The predicted octanol–water partition coefficient (Wildman–Crippen LogP) is 3.48. The van der Waals surface area contributed by atoms with Gasteiger partial charge in [-0.2, -0.15) is 0 Å². The highest BCUT2D eigenvalue weighted by molar-refractivity contribution is 7.84. The van der Waals surface area contributed by atoms with Crippen LogP contribution in [0.15, 0.2) is 66.1 Å². The average Bonchev–Trinajstić information content (AvgIpc) is 2.89. The van der Waals surface area contributed by atoms with Crippen molar-refractivity contribution in [3.63, 3.8) is 0 Å². The van der Waals surface area contributed by atoms with E-state index in [1.807, 2.05) is 6.92 Å². The zero-order valence-electron chi connectivity index (χ0n) is 19.8. The Kier molecular flexibility index (Phi) is 10.6. The van der Waals surface area contributed by atoms with E-state index in [1.54, 1.807) is 62.0 Å². The summed E-state index contributed by atoms with van der Waals surface area (Å²) in [6.45, 7) is 4.28. The fourth-order valence-electron chi connectivity index (χ4n) is 3.08. The summed E-state index contributed by atoms with van der Waals surface area (Å²) in [7, 11) is -0.0442. The van der Waals surface area contributed by atoms with Gasteiger partial charge in [0, 0.05) is 42.5 Å². The molecule has 3 aromatic rings. The van der Waals surface area contributed by atoms with E-state index >= 15 is 0 Å². The summed E-state index contributed by atoms with van der Waals surface area (Å²) in [6, 6.07) is 11.9. The van der Waals surface area contributed by atoms with Gasteiger partial charge in [-0.1, -0.05) is 6.07 Å². The Morgan fingerprint density at radius 1 is 1.00 bits per heavy atom. The van der Waals surface area contributed by atoms with Gasteiger partial charge in [-0.15, -0.1) is 0 Å². The molecule has 1 unspecified atom stereocenters. The quantitative estimate of drug-likeness (QED) is 0.336. The largest absolute Gasteiger partial charge is 0.497 e. The smallest absolute Gasteiger partial charge is 0.258 e. The molecule has 0 bridgehead atoms. The number of nitrogens with zero attached hydrogens (tertiary/aromatic N) is 2. The van der Waals surface area contributed by atoms with Crippen molar-refractivity contribution < 1.29 is 28.0 Å². The minimum Gasteiger partial charge on any atom is -0.497 e. The summed E-state index contributed by atoms with van der Waals surface area (Å²) in [5, 5.41) is 2.97. The Hall–Kier alpha value is -3.34. The lowest BCUT2D eigenvalue weighted by molar-refractivity contribution is 0.0403. The van der Waals surface area contributed by atoms with Crippen molar-refractivity contribution in [3.8, 4) is 11.5 Å².